The number of carbonyl (C=O) groups excluding carboxylic acids is 1. The van der Waals surface area contributed by atoms with Gasteiger partial charge in [-0.05, 0) is 0 Å². The Balaban J connectivity index is 2.79. The van der Waals surface area contributed by atoms with Crippen LogP contribution in [0.4, 0.5) is 0 Å². The Morgan fingerprint density at radius 1 is 1.50 bits per heavy atom. The molecule has 7 heteroatoms. The molecule has 0 aliphatic carbocycles. The first kappa shape index (κ1) is 8.34. The highest BCUT2D eigenvalue weighted by Gasteiger charge is 2.24. The molecule has 0 radical (unpaired) electrons. The topological polar surface area (TPSA) is 105 Å². The molecule has 0 bridgehead atoms. The number of rotatable bonds is 3. The number of Topliss-reactive ketones (excluding diaryl/α,β-unsaturated/α-hetero) is 1. The van der Waals surface area contributed by atoms with Crippen molar-refractivity contribution in [2.45, 2.75) is 6.23 Å². The van der Waals surface area contributed by atoms with Gasteiger partial charge >= 0.3 is 5.97 Å². The number of hydrogen-bond donors (Lipinski definition) is 2. The Kier molecular flexibility index (Phi) is 2.15. The summed E-state index contributed by atoms with van der Waals surface area (Å²) in [6.07, 6.45) is 0.328. The molecule has 1 unspecified atom stereocenters. The van der Waals surface area contributed by atoms with E-state index in [2.05, 4.69) is 10.1 Å². The van der Waals surface area contributed by atoms with Gasteiger partial charge < -0.3 is 10.2 Å². The molecular weight excluding hydrogens is 166 g/mol. The molecule has 0 amide bonds. The third-order valence-corrected chi connectivity index (χ3v) is 1.13. The van der Waals surface area contributed by atoms with E-state index in [0.717, 1.165) is 17.3 Å². The molecule has 0 aromatic carbocycles. The molecule has 1 heterocycles. The maximum absolute atomic E-state index is 10.6. The van der Waals surface area contributed by atoms with E-state index in [-0.39, 0.29) is 0 Å². The molecule has 1 atom stereocenters. The number of aliphatic hydroxyl groups is 1. The minimum atomic E-state index is -1.80. The van der Waals surface area contributed by atoms with Crippen LogP contribution in [0.2, 0.25) is 0 Å². The summed E-state index contributed by atoms with van der Waals surface area (Å²) in [6, 6.07) is 0. The molecule has 2 N–H and O–H groups in total. The average Bonchev–Trinajstić information content (AvgIpc) is 2.53. The van der Waals surface area contributed by atoms with Gasteiger partial charge in [0, 0.05) is 0 Å². The highest BCUT2D eigenvalue weighted by Crippen LogP contribution is 1.99. The van der Waals surface area contributed by atoms with Crippen LogP contribution in [0.25, 0.3) is 0 Å². The second-order valence-electron chi connectivity index (χ2n) is 1.92. The first-order valence-corrected chi connectivity index (χ1v) is 2.92. The van der Waals surface area contributed by atoms with Crippen molar-refractivity contribution in [3.05, 3.63) is 12.7 Å². The van der Waals surface area contributed by atoms with Crippen LogP contribution >= 0.6 is 0 Å². The van der Waals surface area contributed by atoms with Crippen molar-refractivity contribution in [3.8, 4) is 0 Å². The first-order chi connectivity index (χ1) is 5.63. The Labute approximate surface area is 66.3 Å². The maximum Gasteiger partial charge on any atom is 0.377 e. The van der Waals surface area contributed by atoms with E-state index in [0.29, 0.717) is 0 Å². The molecule has 0 saturated carbocycles. The van der Waals surface area contributed by atoms with Crippen LogP contribution in [0.5, 0.6) is 0 Å². The van der Waals surface area contributed by atoms with Crippen LogP contribution in [-0.2, 0) is 9.59 Å². The molecule has 7 nitrogen and oxygen atoms in total. The number of carbonyl (C=O) groups is 2. The van der Waals surface area contributed by atoms with E-state index in [1.807, 2.05) is 0 Å². The zero-order valence-electron chi connectivity index (χ0n) is 5.78. The van der Waals surface area contributed by atoms with Crippen molar-refractivity contribution in [3.63, 3.8) is 0 Å². The quantitative estimate of drug-likeness (QED) is 0.532. The van der Waals surface area contributed by atoms with Crippen LogP contribution in [0.1, 0.15) is 6.23 Å². The largest absolute Gasteiger partial charge is 0.475 e. The van der Waals surface area contributed by atoms with Gasteiger partial charge in [-0.2, -0.15) is 5.10 Å². The van der Waals surface area contributed by atoms with E-state index in [9.17, 15) is 9.59 Å². The Hall–Kier alpha value is -1.76. The van der Waals surface area contributed by atoms with E-state index in [4.69, 9.17) is 10.2 Å². The summed E-state index contributed by atoms with van der Waals surface area (Å²) in [5.41, 5.74) is 0. The minimum absolute atomic E-state index is 0.746. The first-order valence-electron chi connectivity index (χ1n) is 2.92. The van der Waals surface area contributed by atoms with Gasteiger partial charge in [0.15, 0.2) is 0 Å². The number of aromatic nitrogens is 3. The lowest BCUT2D eigenvalue weighted by atomic mass is 10.3. The lowest BCUT2D eigenvalue weighted by Crippen LogP contribution is -2.26. The molecule has 1 aromatic rings. The lowest BCUT2D eigenvalue weighted by molar-refractivity contribution is -0.156. The third kappa shape index (κ3) is 1.45. The molecule has 1 rings (SSSR count). The third-order valence-electron chi connectivity index (χ3n) is 1.13. The van der Waals surface area contributed by atoms with Crippen molar-refractivity contribution >= 4 is 11.8 Å². The second kappa shape index (κ2) is 3.09. The van der Waals surface area contributed by atoms with Crippen LogP contribution < -0.4 is 0 Å². The summed E-state index contributed by atoms with van der Waals surface area (Å²) in [6.45, 7) is 0. The number of carboxylic acid groups (broad SMARTS) is 1. The van der Waals surface area contributed by atoms with Gasteiger partial charge in [0.05, 0.1) is 0 Å². The summed E-state index contributed by atoms with van der Waals surface area (Å²) in [4.78, 5) is 24.1. The summed E-state index contributed by atoms with van der Waals surface area (Å²) in [5, 5.41) is 20.5. The fourth-order valence-corrected chi connectivity index (χ4v) is 0.574. The van der Waals surface area contributed by atoms with Crippen molar-refractivity contribution in [1.29, 1.82) is 0 Å². The van der Waals surface area contributed by atoms with Crippen molar-refractivity contribution in [1.82, 2.24) is 14.8 Å². The summed E-state index contributed by atoms with van der Waals surface area (Å²) >= 11 is 0. The van der Waals surface area contributed by atoms with Gasteiger partial charge in [-0.25, -0.2) is 14.5 Å². The SMILES string of the molecule is O=C(O)C(=O)C(O)n1cncn1. The molecule has 1 aromatic heterocycles. The molecule has 0 spiro atoms. The van der Waals surface area contributed by atoms with Gasteiger partial charge in [0.25, 0.3) is 5.78 Å². The van der Waals surface area contributed by atoms with E-state index in [1.54, 1.807) is 0 Å². The van der Waals surface area contributed by atoms with Crippen LogP contribution in [0.3, 0.4) is 0 Å². The highest BCUT2D eigenvalue weighted by atomic mass is 16.4. The predicted octanol–water partition coefficient (Wildman–Crippen LogP) is -1.58. The molecule has 0 aliphatic rings. The number of nitrogens with zero attached hydrogens (tertiary/aromatic N) is 3. The predicted molar refractivity (Wildman–Crippen MR) is 33.9 cm³/mol. The maximum atomic E-state index is 10.6. The fraction of sp³-hybridized carbons (Fsp3) is 0.200. The van der Waals surface area contributed by atoms with Gasteiger partial charge in [-0.3, -0.25) is 4.79 Å². The smallest absolute Gasteiger partial charge is 0.377 e. The number of aliphatic hydroxyl groups excluding tert-OH is 1. The second-order valence-corrected chi connectivity index (χ2v) is 1.92. The van der Waals surface area contributed by atoms with Crippen molar-refractivity contribution in [2.24, 2.45) is 0 Å². The standard InChI is InChI=1S/C5H5N3O4/c9-3(5(11)12)4(10)8-2-6-1-7-8/h1-2,4,10H,(H,11,12). The number of hydrogen-bond acceptors (Lipinski definition) is 5. The summed E-state index contributed by atoms with van der Waals surface area (Å²) in [7, 11) is 0. The fourth-order valence-electron chi connectivity index (χ4n) is 0.574. The molecule has 0 fully saturated rings. The highest BCUT2D eigenvalue weighted by molar-refractivity contribution is 6.33. The van der Waals surface area contributed by atoms with Crippen LogP contribution in [0.15, 0.2) is 12.7 Å². The van der Waals surface area contributed by atoms with Gasteiger partial charge in [0.2, 0.25) is 6.23 Å². The molecular formula is C5H5N3O4. The number of aliphatic carboxylic acids is 1. The van der Waals surface area contributed by atoms with Crippen molar-refractivity contribution < 1.29 is 19.8 Å². The number of carboxylic acids is 1. The van der Waals surface area contributed by atoms with E-state index < -0.39 is 18.0 Å². The molecule has 12 heavy (non-hydrogen) atoms. The number of ketones is 1. The van der Waals surface area contributed by atoms with Gasteiger partial charge in [-0.1, -0.05) is 0 Å². The minimum Gasteiger partial charge on any atom is -0.475 e. The van der Waals surface area contributed by atoms with E-state index >= 15 is 0 Å². The van der Waals surface area contributed by atoms with Crippen LogP contribution in [0, 0.1) is 0 Å². The van der Waals surface area contributed by atoms with E-state index in [1.165, 1.54) is 0 Å². The van der Waals surface area contributed by atoms with Crippen LogP contribution in [-0.4, -0.2) is 36.7 Å². The summed E-state index contributed by atoms with van der Waals surface area (Å²) in [5.74, 6) is -3.06. The zero-order chi connectivity index (χ0) is 9.14. The lowest BCUT2D eigenvalue weighted by Gasteiger charge is -2.04. The van der Waals surface area contributed by atoms with Crippen molar-refractivity contribution in [2.75, 3.05) is 0 Å². The molecule has 0 saturated heterocycles. The normalized spacial score (nSPS) is 12.4. The molecule has 0 aliphatic heterocycles. The average molecular weight is 171 g/mol. The molecule has 64 valence electrons. The summed E-state index contributed by atoms with van der Waals surface area (Å²) < 4.78 is 0.746. The zero-order valence-corrected chi connectivity index (χ0v) is 5.78. The van der Waals surface area contributed by atoms with Gasteiger partial charge in [-0.15, -0.1) is 0 Å². The monoisotopic (exact) mass is 171 g/mol. The Morgan fingerprint density at radius 3 is 2.58 bits per heavy atom. The Bertz CT molecular complexity index is 294. The van der Waals surface area contributed by atoms with Gasteiger partial charge in [0.1, 0.15) is 12.7 Å². The Morgan fingerprint density at radius 2 is 2.17 bits per heavy atom.